The fraction of sp³-hybridized carbons (Fsp3) is 0.462. The Labute approximate surface area is 117 Å². The van der Waals surface area contributed by atoms with Crippen LogP contribution in [0.2, 0.25) is 0 Å². The number of thiocarbonyl (C=S) groups is 1. The van der Waals surface area contributed by atoms with Crippen LogP contribution in [0.1, 0.15) is 32.8 Å². The van der Waals surface area contributed by atoms with Gasteiger partial charge >= 0.3 is 0 Å². The van der Waals surface area contributed by atoms with E-state index in [0.29, 0.717) is 10.4 Å². The molecule has 94 valence electrons. The Morgan fingerprint density at radius 3 is 2.59 bits per heavy atom. The third kappa shape index (κ3) is 5.04. The van der Waals surface area contributed by atoms with Gasteiger partial charge in [0.15, 0.2) is 0 Å². The highest BCUT2D eigenvalue weighted by molar-refractivity contribution is 9.10. The molecule has 0 heterocycles. The van der Waals surface area contributed by atoms with Crippen molar-refractivity contribution in [3.05, 3.63) is 28.2 Å². The van der Waals surface area contributed by atoms with E-state index in [1.807, 2.05) is 18.2 Å². The van der Waals surface area contributed by atoms with Crippen LogP contribution in [0, 0.1) is 5.41 Å². The summed E-state index contributed by atoms with van der Waals surface area (Å²) in [5, 5.41) is 3.39. The molecule has 0 aromatic heterocycles. The highest BCUT2D eigenvalue weighted by Gasteiger charge is 2.10. The molecule has 0 bridgehead atoms. The summed E-state index contributed by atoms with van der Waals surface area (Å²) in [5.41, 5.74) is 7.93. The molecule has 0 aliphatic rings. The van der Waals surface area contributed by atoms with Gasteiger partial charge in [-0.2, -0.15) is 0 Å². The molecule has 3 N–H and O–H groups in total. The zero-order valence-electron chi connectivity index (χ0n) is 10.5. The van der Waals surface area contributed by atoms with Crippen LogP contribution in [-0.2, 0) is 0 Å². The summed E-state index contributed by atoms with van der Waals surface area (Å²) in [6, 6.07) is 5.93. The van der Waals surface area contributed by atoms with Crippen LogP contribution < -0.4 is 11.1 Å². The normalized spacial score (nSPS) is 11.3. The van der Waals surface area contributed by atoms with E-state index >= 15 is 0 Å². The van der Waals surface area contributed by atoms with E-state index in [2.05, 4.69) is 42.0 Å². The van der Waals surface area contributed by atoms with Crippen LogP contribution in [0.15, 0.2) is 22.7 Å². The van der Waals surface area contributed by atoms with E-state index in [9.17, 15) is 0 Å². The number of nitrogens with two attached hydrogens (primary N) is 1. The number of rotatable bonds is 4. The Balaban J connectivity index is 2.74. The predicted molar refractivity (Wildman–Crippen MR) is 82.6 cm³/mol. The van der Waals surface area contributed by atoms with E-state index in [4.69, 9.17) is 18.0 Å². The van der Waals surface area contributed by atoms with Gasteiger partial charge in [-0.25, -0.2) is 0 Å². The number of anilines is 1. The van der Waals surface area contributed by atoms with Crippen LogP contribution in [-0.4, -0.2) is 11.5 Å². The van der Waals surface area contributed by atoms with Gasteiger partial charge in [0.1, 0.15) is 4.99 Å². The van der Waals surface area contributed by atoms with Crippen molar-refractivity contribution in [3.8, 4) is 0 Å². The molecule has 17 heavy (non-hydrogen) atoms. The number of nitrogens with one attached hydrogen (secondary N) is 1. The first kappa shape index (κ1) is 14.5. The first-order valence-corrected chi connectivity index (χ1v) is 6.83. The quantitative estimate of drug-likeness (QED) is 0.827. The summed E-state index contributed by atoms with van der Waals surface area (Å²) >= 11 is 8.47. The van der Waals surface area contributed by atoms with Gasteiger partial charge in [-0.05, 0) is 30.0 Å². The smallest absolute Gasteiger partial charge is 0.106 e. The minimum Gasteiger partial charge on any atom is -0.389 e. The van der Waals surface area contributed by atoms with Gasteiger partial charge in [-0.3, -0.25) is 0 Å². The molecule has 2 nitrogen and oxygen atoms in total. The topological polar surface area (TPSA) is 38.0 Å². The first-order chi connectivity index (χ1) is 7.79. The molecule has 4 heteroatoms. The lowest BCUT2D eigenvalue weighted by Gasteiger charge is -2.19. The molecule has 0 radical (unpaired) electrons. The summed E-state index contributed by atoms with van der Waals surface area (Å²) in [6.45, 7) is 7.60. The summed E-state index contributed by atoms with van der Waals surface area (Å²) in [4.78, 5) is 0.421. The van der Waals surface area contributed by atoms with Gasteiger partial charge in [0.05, 0.1) is 0 Å². The molecule has 1 aromatic carbocycles. The molecule has 1 rings (SSSR count). The van der Waals surface area contributed by atoms with Gasteiger partial charge in [0, 0.05) is 22.3 Å². The highest BCUT2D eigenvalue weighted by Crippen LogP contribution is 2.23. The fourth-order valence-electron chi connectivity index (χ4n) is 1.45. The average Bonchev–Trinajstić information content (AvgIpc) is 2.18. The van der Waals surface area contributed by atoms with Crippen molar-refractivity contribution in [2.75, 3.05) is 11.9 Å². The number of benzene rings is 1. The van der Waals surface area contributed by atoms with Crippen molar-refractivity contribution in [3.63, 3.8) is 0 Å². The highest BCUT2D eigenvalue weighted by atomic mass is 79.9. The second-order valence-electron chi connectivity index (χ2n) is 5.29. The fourth-order valence-corrected chi connectivity index (χ4v) is 1.98. The molecule has 0 saturated carbocycles. The number of hydrogen-bond donors (Lipinski definition) is 2. The molecule has 0 amide bonds. The van der Waals surface area contributed by atoms with E-state index in [-0.39, 0.29) is 0 Å². The standard InChI is InChI=1S/C13H19BrN2S/c1-13(2,3)6-7-16-11-5-4-9(14)8-10(11)12(15)17/h4-5,8,16H,6-7H2,1-3H3,(H2,15,17). The summed E-state index contributed by atoms with van der Waals surface area (Å²) in [5.74, 6) is 0. The lowest BCUT2D eigenvalue weighted by atomic mass is 9.92. The van der Waals surface area contributed by atoms with Crippen molar-refractivity contribution < 1.29 is 0 Å². The SMILES string of the molecule is CC(C)(C)CCNc1ccc(Br)cc1C(N)=S. The van der Waals surface area contributed by atoms with Crippen molar-refractivity contribution in [1.29, 1.82) is 0 Å². The minimum atomic E-state index is 0.325. The maximum atomic E-state index is 5.71. The lowest BCUT2D eigenvalue weighted by molar-refractivity contribution is 0.390. The van der Waals surface area contributed by atoms with Crippen molar-refractivity contribution in [2.24, 2.45) is 11.1 Å². The summed E-state index contributed by atoms with van der Waals surface area (Å²) in [7, 11) is 0. The monoisotopic (exact) mass is 314 g/mol. The molecular formula is C13H19BrN2S. The maximum Gasteiger partial charge on any atom is 0.106 e. The first-order valence-electron chi connectivity index (χ1n) is 5.63. The zero-order valence-corrected chi connectivity index (χ0v) is 12.9. The predicted octanol–water partition coefficient (Wildman–Crippen LogP) is 3.93. The molecule has 0 saturated heterocycles. The zero-order chi connectivity index (χ0) is 13.1. The Hall–Kier alpha value is -0.610. The van der Waals surface area contributed by atoms with Gasteiger partial charge < -0.3 is 11.1 Å². The van der Waals surface area contributed by atoms with E-state index in [1.165, 1.54) is 0 Å². The van der Waals surface area contributed by atoms with Crippen LogP contribution in [0.25, 0.3) is 0 Å². The maximum absolute atomic E-state index is 5.71. The Bertz CT molecular complexity index is 410. The Morgan fingerprint density at radius 2 is 2.06 bits per heavy atom. The number of hydrogen-bond acceptors (Lipinski definition) is 2. The van der Waals surface area contributed by atoms with E-state index < -0.39 is 0 Å². The van der Waals surface area contributed by atoms with Gasteiger partial charge in [0.2, 0.25) is 0 Å². The average molecular weight is 315 g/mol. The van der Waals surface area contributed by atoms with Crippen molar-refractivity contribution >= 4 is 38.8 Å². The molecule has 0 atom stereocenters. The summed E-state index contributed by atoms with van der Waals surface area (Å²) in [6.07, 6.45) is 1.10. The second kappa shape index (κ2) is 5.83. The molecule has 0 unspecified atom stereocenters. The third-order valence-electron chi connectivity index (χ3n) is 2.44. The molecule has 0 fully saturated rings. The molecule has 0 aliphatic carbocycles. The molecule has 0 aliphatic heterocycles. The van der Waals surface area contributed by atoms with Crippen molar-refractivity contribution in [1.82, 2.24) is 0 Å². The molecule has 0 spiro atoms. The van der Waals surface area contributed by atoms with Crippen molar-refractivity contribution in [2.45, 2.75) is 27.2 Å². The largest absolute Gasteiger partial charge is 0.389 e. The number of halogens is 1. The Morgan fingerprint density at radius 1 is 1.41 bits per heavy atom. The summed E-state index contributed by atoms with van der Waals surface area (Å²) < 4.78 is 0.988. The van der Waals surface area contributed by atoms with Crippen LogP contribution in [0.4, 0.5) is 5.69 Å². The molecule has 1 aromatic rings. The van der Waals surface area contributed by atoms with E-state index in [0.717, 1.165) is 28.7 Å². The van der Waals surface area contributed by atoms with Gasteiger partial charge in [-0.15, -0.1) is 0 Å². The second-order valence-corrected chi connectivity index (χ2v) is 6.65. The van der Waals surface area contributed by atoms with Crippen LogP contribution in [0.5, 0.6) is 0 Å². The lowest BCUT2D eigenvalue weighted by Crippen LogP contribution is -2.16. The minimum absolute atomic E-state index is 0.325. The Kier molecular flexibility index (Phi) is 4.95. The van der Waals surface area contributed by atoms with Gasteiger partial charge in [0.25, 0.3) is 0 Å². The van der Waals surface area contributed by atoms with Gasteiger partial charge in [-0.1, -0.05) is 48.9 Å². The van der Waals surface area contributed by atoms with Crippen LogP contribution in [0.3, 0.4) is 0 Å². The molecular weight excluding hydrogens is 296 g/mol. The van der Waals surface area contributed by atoms with Crippen LogP contribution >= 0.6 is 28.1 Å². The van der Waals surface area contributed by atoms with E-state index in [1.54, 1.807) is 0 Å². The third-order valence-corrected chi connectivity index (χ3v) is 3.15.